The maximum absolute atomic E-state index is 12.2. The van der Waals surface area contributed by atoms with Crippen LogP contribution in [0.2, 0.25) is 0 Å². The monoisotopic (exact) mass is 451 g/mol. The molecule has 0 saturated carbocycles. The Morgan fingerprint density at radius 1 is 1.09 bits per heavy atom. The van der Waals surface area contributed by atoms with E-state index in [-0.39, 0.29) is 14.0 Å². The predicted molar refractivity (Wildman–Crippen MR) is 129 cm³/mol. The summed E-state index contributed by atoms with van der Waals surface area (Å²) in [5.41, 5.74) is 10.2. The lowest BCUT2D eigenvalue weighted by Gasteiger charge is -2.14. The molecule has 2 aromatic rings. The fourth-order valence-electron chi connectivity index (χ4n) is 3.43. The Labute approximate surface area is 195 Å². The van der Waals surface area contributed by atoms with Crippen LogP contribution >= 0.6 is 0 Å². The molecule has 0 aliphatic carbocycles. The number of nitrogens with one attached hydrogen (secondary N) is 4. The number of carbonyl (C=O) groups is 2. The molecule has 1 aliphatic rings. The van der Waals surface area contributed by atoms with E-state index in [1.54, 1.807) is 24.3 Å². The number of nitrogens with two attached hydrogens (primary N) is 1. The quantitative estimate of drug-likeness (QED) is 0.203. The zero-order chi connectivity index (χ0) is 22.8. The van der Waals surface area contributed by atoms with E-state index >= 15 is 0 Å². The van der Waals surface area contributed by atoms with Crippen LogP contribution in [0.25, 0.3) is 0 Å². The third kappa shape index (κ3) is 8.00. The first-order chi connectivity index (χ1) is 15.6. The minimum atomic E-state index is -1.01. The van der Waals surface area contributed by atoms with Crippen molar-refractivity contribution in [2.75, 3.05) is 19.6 Å². The molecule has 8 heteroatoms. The maximum Gasteiger partial charge on any atom is 0.267 e. The molecule has 0 bridgehead atoms. The van der Waals surface area contributed by atoms with Crippen molar-refractivity contribution < 1.29 is 14.8 Å². The summed E-state index contributed by atoms with van der Waals surface area (Å²) in [5.74, 6) is 4.98. The molecular weight excluding hydrogens is 418 g/mol. The molecule has 0 spiro atoms. The zero-order valence-electron chi connectivity index (χ0n) is 17.9. The summed E-state index contributed by atoms with van der Waals surface area (Å²) in [6.07, 6.45) is 2.50. The highest BCUT2D eigenvalue weighted by Gasteiger charge is 2.19. The van der Waals surface area contributed by atoms with Crippen molar-refractivity contribution in [3.05, 3.63) is 70.8 Å². The number of benzene rings is 2. The van der Waals surface area contributed by atoms with Crippen molar-refractivity contribution in [2.24, 2.45) is 5.73 Å². The van der Waals surface area contributed by atoms with E-state index in [1.807, 2.05) is 12.1 Å². The summed E-state index contributed by atoms with van der Waals surface area (Å²) < 4.78 is 0. The van der Waals surface area contributed by atoms with Crippen LogP contribution in [0, 0.1) is 11.8 Å². The first kappa shape index (κ1) is 26.0. The molecule has 33 heavy (non-hydrogen) atoms. The molecule has 0 unspecified atom stereocenters. The molecule has 2 aromatic carbocycles. The number of carbonyl (C=O) groups excluding carboxylic acids is 2. The van der Waals surface area contributed by atoms with E-state index in [2.05, 4.69) is 39.9 Å². The van der Waals surface area contributed by atoms with E-state index in [4.69, 9.17) is 10.9 Å². The van der Waals surface area contributed by atoms with Gasteiger partial charge in [0.1, 0.15) is 6.04 Å². The first-order valence-corrected chi connectivity index (χ1v) is 10.7. The fourth-order valence-corrected chi connectivity index (χ4v) is 3.43. The van der Waals surface area contributed by atoms with Crippen molar-refractivity contribution in [1.82, 2.24) is 21.4 Å². The van der Waals surface area contributed by atoms with Gasteiger partial charge in [0, 0.05) is 42.4 Å². The molecule has 0 radical (unpaired) electrons. The van der Waals surface area contributed by atoms with E-state index in [0.717, 1.165) is 30.8 Å². The van der Waals surface area contributed by atoms with Gasteiger partial charge < -0.3 is 21.7 Å². The SMILES string of the molecule is C.NC[C@H](NC(=O)c1ccc(C#Cc2ccc(CNC[C@H]3CCCN3)cc2)cc1)C(=O)NO. The highest BCUT2D eigenvalue weighted by atomic mass is 16.5. The van der Waals surface area contributed by atoms with Crippen molar-refractivity contribution >= 4 is 11.8 Å². The van der Waals surface area contributed by atoms with Crippen LogP contribution in [-0.2, 0) is 11.3 Å². The molecule has 3 rings (SSSR count). The van der Waals surface area contributed by atoms with Crippen LogP contribution in [-0.4, -0.2) is 48.7 Å². The van der Waals surface area contributed by atoms with Crippen LogP contribution in [0.1, 0.15) is 47.3 Å². The number of hydrogen-bond acceptors (Lipinski definition) is 6. The third-order valence-corrected chi connectivity index (χ3v) is 5.30. The van der Waals surface area contributed by atoms with Gasteiger partial charge in [-0.15, -0.1) is 0 Å². The van der Waals surface area contributed by atoms with Crippen LogP contribution in [0.5, 0.6) is 0 Å². The molecule has 2 amide bonds. The molecule has 0 aromatic heterocycles. The number of hydrogen-bond donors (Lipinski definition) is 6. The van der Waals surface area contributed by atoms with E-state index in [9.17, 15) is 9.59 Å². The normalized spacial score (nSPS) is 15.5. The van der Waals surface area contributed by atoms with Gasteiger partial charge in [-0.05, 0) is 61.3 Å². The Hall–Kier alpha value is -3.22. The Kier molecular flexibility index (Phi) is 10.5. The van der Waals surface area contributed by atoms with Gasteiger partial charge in [0.05, 0.1) is 0 Å². The van der Waals surface area contributed by atoms with Crippen LogP contribution in [0.15, 0.2) is 48.5 Å². The highest BCUT2D eigenvalue weighted by Crippen LogP contribution is 2.07. The first-order valence-electron chi connectivity index (χ1n) is 10.7. The Morgan fingerprint density at radius 2 is 1.73 bits per heavy atom. The van der Waals surface area contributed by atoms with Crippen molar-refractivity contribution in [3.8, 4) is 11.8 Å². The highest BCUT2D eigenvalue weighted by molar-refractivity contribution is 5.97. The summed E-state index contributed by atoms with van der Waals surface area (Å²) in [7, 11) is 0. The van der Waals surface area contributed by atoms with Gasteiger partial charge in [0.15, 0.2) is 0 Å². The fraction of sp³-hybridized carbons (Fsp3) is 0.360. The molecule has 1 heterocycles. The number of amides is 2. The van der Waals surface area contributed by atoms with Gasteiger partial charge in [-0.3, -0.25) is 14.8 Å². The van der Waals surface area contributed by atoms with E-state index < -0.39 is 17.9 Å². The summed E-state index contributed by atoms with van der Waals surface area (Å²) in [6.45, 7) is 2.81. The van der Waals surface area contributed by atoms with Crippen molar-refractivity contribution in [3.63, 3.8) is 0 Å². The molecule has 1 saturated heterocycles. The second kappa shape index (κ2) is 13.4. The van der Waals surface area contributed by atoms with Crippen LogP contribution in [0.3, 0.4) is 0 Å². The molecule has 2 atom stereocenters. The van der Waals surface area contributed by atoms with Gasteiger partial charge in [-0.25, -0.2) is 5.48 Å². The van der Waals surface area contributed by atoms with Gasteiger partial charge in [0.25, 0.3) is 11.8 Å². The van der Waals surface area contributed by atoms with Crippen molar-refractivity contribution in [1.29, 1.82) is 0 Å². The summed E-state index contributed by atoms with van der Waals surface area (Å²) in [5, 5.41) is 18.1. The summed E-state index contributed by atoms with van der Waals surface area (Å²) in [4.78, 5) is 23.7. The van der Waals surface area contributed by atoms with Gasteiger partial charge >= 0.3 is 0 Å². The summed E-state index contributed by atoms with van der Waals surface area (Å²) >= 11 is 0. The molecule has 1 fully saturated rings. The van der Waals surface area contributed by atoms with Gasteiger partial charge in [0.2, 0.25) is 0 Å². The number of rotatable bonds is 8. The minimum Gasteiger partial charge on any atom is -0.339 e. The average molecular weight is 452 g/mol. The Bertz CT molecular complexity index is 958. The van der Waals surface area contributed by atoms with Crippen LogP contribution < -0.4 is 27.2 Å². The lowest BCUT2D eigenvalue weighted by molar-refractivity contribution is -0.130. The standard InChI is InChI=1S/C24H29N5O3.CH4/c25-14-22(24(31)29-32)28-23(30)20-11-9-18(10-12-20)4-3-17-5-7-19(8-6-17)15-26-16-21-2-1-13-27-21;/h5-12,21-22,26-27,32H,1-2,13-16,25H2,(H,28,30)(H,29,31);1H4/t21-,22+;/m1./s1. The molecule has 1 aliphatic heterocycles. The molecular formula is C25H33N5O3. The van der Waals surface area contributed by atoms with Crippen LogP contribution in [0.4, 0.5) is 0 Å². The Balaban J connectivity index is 0.00000385. The van der Waals surface area contributed by atoms with E-state index in [0.29, 0.717) is 11.6 Å². The van der Waals surface area contributed by atoms with Crippen molar-refractivity contribution in [2.45, 2.75) is 38.9 Å². The smallest absolute Gasteiger partial charge is 0.267 e. The third-order valence-electron chi connectivity index (χ3n) is 5.30. The molecule has 176 valence electrons. The number of hydroxylamine groups is 1. The lowest BCUT2D eigenvalue weighted by Crippen LogP contribution is -2.50. The van der Waals surface area contributed by atoms with Gasteiger partial charge in [-0.2, -0.15) is 0 Å². The lowest BCUT2D eigenvalue weighted by atomic mass is 10.1. The maximum atomic E-state index is 12.2. The second-order valence-corrected chi connectivity index (χ2v) is 7.69. The molecule has 7 N–H and O–H groups in total. The average Bonchev–Trinajstić information content (AvgIpc) is 3.35. The Morgan fingerprint density at radius 3 is 2.27 bits per heavy atom. The largest absolute Gasteiger partial charge is 0.339 e. The molecule has 8 nitrogen and oxygen atoms in total. The summed E-state index contributed by atoms with van der Waals surface area (Å²) in [6, 6.07) is 14.4. The predicted octanol–water partition coefficient (Wildman–Crippen LogP) is 1.13. The topological polar surface area (TPSA) is 129 Å². The second-order valence-electron chi connectivity index (χ2n) is 7.69. The minimum absolute atomic E-state index is 0. The van der Waals surface area contributed by atoms with E-state index in [1.165, 1.54) is 23.9 Å². The van der Waals surface area contributed by atoms with Gasteiger partial charge in [-0.1, -0.05) is 31.4 Å². The zero-order valence-corrected chi connectivity index (χ0v) is 17.9.